The van der Waals surface area contributed by atoms with Gasteiger partial charge in [-0.15, -0.1) is 11.8 Å². The highest BCUT2D eigenvalue weighted by Gasteiger charge is 2.74. The minimum atomic E-state index is -0.868. The standard InChI is InChI=1S/C26H36N2O5S/c1-3-17(16-29)28-21-23(31)27(18-10-5-4-6-11-18)14-9-13-26(21)19(22(28)30)20-24(32)33-15-8-7-12-25(20,2)34-26/h7,9,12-13,17-21,29H,3-6,8,10-11,14-16H2,1-2H3/t17-,19-,20+,21?,25-,26-/m0/s1. The van der Waals surface area contributed by atoms with E-state index in [9.17, 15) is 19.5 Å². The Labute approximate surface area is 205 Å². The number of likely N-dealkylation sites (tertiary alicyclic amines) is 1. The fraction of sp³-hybridized carbons (Fsp3) is 0.731. The average molecular weight is 489 g/mol. The van der Waals surface area contributed by atoms with Gasteiger partial charge in [0.15, 0.2) is 0 Å². The maximum atomic E-state index is 14.3. The monoisotopic (exact) mass is 488 g/mol. The fourth-order valence-electron chi connectivity index (χ4n) is 6.97. The van der Waals surface area contributed by atoms with Crippen LogP contribution in [0.2, 0.25) is 0 Å². The van der Waals surface area contributed by atoms with Crippen molar-refractivity contribution in [2.45, 2.75) is 86.4 Å². The van der Waals surface area contributed by atoms with Gasteiger partial charge in [0, 0.05) is 17.3 Å². The number of esters is 1. The van der Waals surface area contributed by atoms with Crippen LogP contribution in [0.15, 0.2) is 24.3 Å². The molecule has 34 heavy (non-hydrogen) atoms. The summed E-state index contributed by atoms with van der Waals surface area (Å²) in [5, 5.41) is 10.2. The molecule has 1 unspecified atom stereocenters. The van der Waals surface area contributed by atoms with Crippen LogP contribution in [-0.4, -0.2) is 80.1 Å². The van der Waals surface area contributed by atoms with E-state index in [1.54, 1.807) is 16.7 Å². The van der Waals surface area contributed by atoms with Gasteiger partial charge >= 0.3 is 5.97 Å². The third-order valence-corrected chi connectivity index (χ3v) is 10.4. The van der Waals surface area contributed by atoms with Crippen LogP contribution < -0.4 is 0 Å². The Hall–Kier alpha value is -1.80. The van der Waals surface area contributed by atoms with Crippen LogP contribution >= 0.6 is 11.8 Å². The van der Waals surface area contributed by atoms with Gasteiger partial charge < -0.3 is 19.6 Å². The van der Waals surface area contributed by atoms with Crippen LogP contribution in [0.5, 0.6) is 0 Å². The van der Waals surface area contributed by atoms with Crippen molar-refractivity contribution in [3.63, 3.8) is 0 Å². The lowest BCUT2D eigenvalue weighted by atomic mass is 9.74. The van der Waals surface area contributed by atoms with Crippen LogP contribution in [0.4, 0.5) is 0 Å². The van der Waals surface area contributed by atoms with Crippen LogP contribution in [-0.2, 0) is 19.1 Å². The van der Waals surface area contributed by atoms with Crippen molar-refractivity contribution < 1.29 is 24.2 Å². The van der Waals surface area contributed by atoms with Gasteiger partial charge in [-0.2, -0.15) is 0 Å². The first-order chi connectivity index (χ1) is 16.4. The Kier molecular flexibility index (Phi) is 6.34. The van der Waals surface area contributed by atoms with Gasteiger partial charge in [-0.05, 0) is 32.6 Å². The summed E-state index contributed by atoms with van der Waals surface area (Å²) in [7, 11) is 0. The molecular formula is C26H36N2O5S. The maximum Gasteiger partial charge on any atom is 0.311 e. The molecule has 0 aromatic rings. The molecule has 0 aromatic heterocycles. The fourth-order valence-corrected chi connectivity index (χ4v) is 9.11. The van der Waals surface area contributed by atoms with E-state index < -0.39 is 33.4 Å². The van der Waals surface area contributed by atoms with Crippen LogP contribution in [0.1, 0.15) is 58.8 Å². The van der Waals surface area contributed by atoms with Crippen molar-refractivity contribution in [3.8, 4) is 0 Å². The number of aliphatic hydroxyl groups excluding tert-OH is 1. The Morgan fingerprint density at radius 1 is 1.12 bits per heavy atom. The van der Waals surface area contributed by atoms with E-state index in [-0.39, 0.29) is 30.4 Å². The second-order valence-electron chi connectivity index (χ2n) is 10.5. The number of aliphatic hydroxyl groups is 1. The van der Waals surface area contributed by atoms with Crippen molar-refractivity contribution in [2.24, 2.45) is 11.8 Å². The van der Waals surface area contributed by atoms with Gasteiger partial charge in [0.25, 0.3) is 0 Å². The van der Waals surface area contributed by atoms with Gasteiger partial charge in [0.2, 0.25) is 11.8 Å². The third-order valence-electron chi connectivity index (χ3n) is 8.58. The zero-order valence-corrected chi connectivity index (χ0v) is 21.0. The number of hydrogen-bond donors (Lipinski definition) is 1. The second kappa shape index (κ2) is 9.01. The van der Waals surface area contributed by atoms with Crippen LogP contribution in [0.3, 0.4) is 0 Å². The van der Waals surface area contributed by atoms with Crippen LogP contribution in [0, 0.1) is 11.8 Å². The molecule has 1 N–H and O–H groups in total. The zero-order chi connectivity index (χ0) is 24.1. The molecule has 1 aliphatic carbocycles. The highest BCUT2D eigenvalue weighted by Crippen LogP contribution is 2.65. The lowest BCUT2D eigenvalue weighted by Crippen LogP contribution is -2.58. The highest BCUT2D eigenvalue weighted by atomic mass is 32.2. The first kappa shape index (κ1) is 23.9. The predicted molar refractivity (Wildman–Crippen MR) is 130 cm³/mol. The highest BCUT2D eigenvalue weighted by molar-refractivity contribution is 8.02. The Morgan fingerprint density at radius 3 is 2.59 bits per heavy atom. The third kappa shape index (κ3) is 3.47. The summed E-state index contributed by atoms with van der Waals surface area (Å²) in [5.74, 6) is -1.98. The van der Waals surface area contributed by atoms with Crippen molar-refractivity contribution in [3.05, 3.63) is 24.3 Å². The number of rotatable bonds is 4. The van der Waals surface area contributed by atoms with Crippen molar-refractivity contribution in [1.29, 1.82) is 0 Å². The van der Waals surface area contributed by atoms with E-state index >= 15 is 0 Å². The molecule has 5 rings (SSSR count). The normalized spacial score (nSPS) is 39.1. The lowest BCUT2D eigenvalue weighted by Gasteiger charge is -2.41. The predicted octanol–water partition coefficient (Wildman–Crippen LogP) is 2.68. The lowest BCUT2D eigenvalue weighted by molar-refractivity contribution is -0.155. The SMILES string of the molecule is CC[C@@H](CO)N1C(=O)[C@@H]2[C@@H]3C(=O)OCCC=C[C@]3(C)S[C@@]23C=CCN(C2CCCCC2)C(=O)C13. The molecule has 2 amide bonds. The van der Waals surface area contributed by atoms with Gasteiger partial charge in [0.05, 0.1) is 35.8 Å². The van der Waals surface area contributed by atoms with Gasteiger partial charge in [-0.25, -0.2) is 0 Å². The van der Waals surface area contributed by atoms with Gasteiger partial charge in [0.1, 0.15) is 6.04 Å². The first-order valence-corrected chi connectivity index (χ1v) is 13.7. The number of fused-ring (bicyclic) bond motifs is 2. The van der Waals surface area contributed by atoms with Crippen molar-refractivity contribution >= 4 is 29.5 Å². The molecule has 7 nitrogen and oxygen atoms in total. The number of hydrogen-bond acceptors (Lipinski definition) is 6. The smallest absolute Gasteiger partial charge is 0.311 e. The molecule has 4 heterocycles. The number of thioether (sulfide) groups is 1. The van der Waals surface area contributed by atoms with Gasteiger partial charge in [-0.1, -0.05) is 50.5 Å². The molecule has 0 aromatic carbocycles. The Balaban J connectivity index is 1.64. The molecule has 1 saturated carbocycles. The Bertz CT molecular complexity index is 911. The molecule has 4 aliphatic heterocycles. The number of carbonyl (C=O) groups is 3. The zero-order valence-electron chi connectivity index (χ0n) is 20.2. The molecule has 186 valence electrons. The van der Waals surface area contributed by atoms with E-state index in [0.717, 1.165) is 25.7 Å². The number of cyclic esters (lactones) is 1. The molecule has 0 bridgehead atoms. The maximum absolute atomic E-state index is 14.3. The molecule has 5 aliphatic rings. The molecule has 0 radical (unpaired) electrons. The number of carbonyl (C=O) groups excluding carboxylic acids is 3. The van der Waals surface area contributed by atoms with Crippen molar-refractivity contribution in [2.75, 3.05) is 19.8 Å². The minimum Gasteiger partial charge on any atom is -0.465 e. The summed E-state index contributed by atoms with van der Waals surface area (Å²) in [5.41, 5.74) is 0. The number of ether oxygens (including phenoxy) is 1. The molecule has 8 heteroatoms. The van der Waals surface area contributed by atoms with Crippen LogP contribution in [0.25, 0.3) is 0 Å². The number of nitrogens with zero attached hydrogens (tertiary/aromatic N) is 2. The molecule has 6 atom stereocenters. The molecule has 1 spiro atoms. The van der Waals surface area contributed by atoms with E-state index in [0.29, 0.717) is 26.0 Å². The van der Waals surface area contributed by atoms with E-state index in [1.807, 2.05) is 37.0 Å². The molecule has 3 fully saturated rings. The van der Waals surface area contributed by atoms with Crippen molar-refractivity contribution in [1.82, 2.24) is 9.80 Å². The number of amides is 2. The van der Waals surface area contributed by atoms with Gasteiger partial charge in [-0.3, -0.25) is 14.4 Å². The van der Waals surface area contributed by atoms with E-state index in [2.05, 4.69) is 6.08 Å². The summed E-state index contributed by atoms with van der Waals surface area (Å²) in [6, 6.07) is -1.03. The Morgan fingerprint density at radius 2 is 1.88 bits per heavy atom. The van der Waals surface area contributed by atoms with E-state index in [4.69, 9.17) is 4.74 Å². The summed E-state index contributed by atoms with van der Waals surface area (Å²) in [6.45, 7) is 4.53. The summed E-state index contributed by atoms with van der Waals surface area (Å²) in [6.07, 6.45) is 14.7. The topological polar surface area (TPSA) is 87.2 Å². The largest absolute Gasteiger partial charge is 0.465 e. The second-order valence-corrected chi connectivity index (χ2v) is 12.3. The molecular weight excluding hydrogens is 452 g/mol. The van der Waals surface area contributed by atoms with E-state index in [1.165, 1.54) is 6.42 Å². The summed E-state index contributed by atoms with van der Waals surface area (Å²) in [4.78, 5) is 45.4. The average Bonchev–Trinajstić information content (AvgIpc) is 3.14. The summed E-state index contributed by atoms with van der Waals surface area (Å²) < 4.78 is 4.06. The molecule has 2 saturated heterocycles. The minimum absolute atomic E-state index is 0.0395. The first-order valence-electron chi connectivity index (χ1n) is 12.8. The summed E-state index contributed by atoms with van der Waals surface area (Å²) >= 11 is 1.57. The quantitative estimate of drug-likeness (QED) is 0.484.